The summed E-state index contributed by atoms with van der Waals surface area (Å²) < 4.78 is 0.444. The van der Waals surface area contributed by atoms with Crippen molar-refractivity contribution in [3.05, 3.63) is 58.8 Å². The quantitative estimate of drug-likeness (QED) is 0.223. The van der Waals surface area contributed by atoms with Gasteiger partial charge in [-0.2, -0.15) is 0 Å². The zero-order valence-electron chi connectivity index (χ0n) is 24.3. The lowest BCUT2D eigenvalue weighted by Gasteiger charge is -2.36. The third-order valence-electron chi connectivity index (χ3n) is 7.37. The van der Waals surface area contributed by atoms with E-state index in [0.29, 0.717) is 35.4 Å². The molecule has 0 atom stereocenters. The molecule has 3 amide bonds. The summed E-state index contributed by atoms with van der Waals surface area (Å²) in [7, 11) is 0. The molecule has 1 heterocycles. The zero-order valence-corrected chi connectivity index (χ0v) is 24.3. The van der Waals surface area contributed by atoms with Gasteiger partial charge in [-0.1, -0.05) is 50.3 Å². The normalized spacial score (nSPS) is 16.2. The van der Waals surface area contributed by atoms with Crippen molar-refractivity contribution < 1.29 is 18.9 Å². The fraction of sp³-hybridized carbons (Fsp3) is 0.581. The van der Waals surface area contributed by atoms with E-state index >= 15 is 0 Å². The molecule has 0 aliphatic carbocycles. The monoisotopic (exact) mass is 525 g/mol. The van der Waals surface area contributed by atoms with E-state index < -0.39 is 0 Å². The van der Waals surface area contributed by atoms with Crippen molar-refractivity contribution in [3.63, 3.8) is 0 Å². The van der Waals surface area contributed by atoms with Crippen molar-refractivity contribution in [2.24, 2.45) is 0 Å². The summed E-state index contributed by atoms with van der Waals surface area (Å²) in [5.74, 6) is -0.224. The molecule has 7 nitrogen and oxygen atoms in total. The molecule has 2 N–H and O–H groups in total. The highest BCUT2D eigenvalue weighted by atomic mass is 16.2. The summed E-state index contributed by atoms with van der Waals surface area (Å²) in [6.07, 6.45) is 7.92. The van der Waals surface area contributed by atoms with Crippen LogP contribution in [0.25, 0.3) is 0 Å². The Balaban J connectivity index is 2.21. The van der Waals surface area contributed by atoms with Crippen LogP contribution in [0, 0.1) is 0 Å². The highest BCUT2D eigenvalue weighted by Gasteiger charge is 2.34. The van der Waals surface area contributed by atoms with E-state index in [0.717, 1.165) is 62.8 Å². The summed E-state index contributed by atoms with van der Waals surface area (Å²) in [6, 6.07) is 9.87. The van der Waals surface area contributed by atoms with Gasteiger partial charge in [0.15, 0.2) is 13.1 Å². The highest BCUT2D eigenvalue weighted by Crippen LogP contribution is 2.20. The molecular formula is C31H49N4O3+. The van der Waals surface area contributed by atoms with Gasteiger partial charge in [0.1, 0.15) is 0 Å². The number of likely N-dealkylation sites (tertiary alicyclic amines) is 1. The molecule has 0 spiro atoms. The van der Waals surface area contributed by atoms with Crippen molar-refractivity contribution in [2.75, 3.05) is 39.3 Å². The van der Waals surface area contributed by atoms with Gasteiger partial charge in [-0.3, -0.25) is 14.4 Å². The van der Waals surface area contributed by atoms with E-state index in [1.54, 1.807) is 6.92 Å². The number of carbonyl (C=O) groups is 3. The Hall–Kier alpha value is -2.93. The minimum Gasteiger partial charge on any atom is -0.347 e. The molecular weight excluding hydrogens is 476 g/mol. The van der Waals surface area contributed by atoms with Crippen molar-refractivity contribution in [1.82, 2.24) is 15.5 Å². The molecule has 1 aromatic carbocycles. The molecule has 1 aliphatic heterocycles. The van der Waals surface area contributed by atoms with Crippen LogP contribution < -0.4 is 10.6 Å². The molecule has 2 rings (SSSR count). The SMILES string of the molecule is C/C=C(C)\C(NC(=O)C[N+]1(CC(=O)NCc2ccccc2)CCCCCC1)=C(/C)C(=O)N(CCC)CCC. The Bertz CT molecular complexity index is 970. The Morgan fingerprint density at radius 1 is 0.895 bits per heavy atom. The molecule has 0 bridgehead atoms. The van der Waals surface area contributed by atoms with Crippen LogP contribution in [0.15, 0.2) is 53.3 Å². The molecule has 7 heteroatoms. The summed E-state index contributed by atoms with van der Waals surface area (Å²) in [5.41, 5.74) is 3.05. The molecule has 0 saturated carbocycles. The molecule has 0 aromatic heterocycles. The first kappa shape index (κ1) is 31.3. The van der Waals surface area contributed by atoms with E-state index in [9.17, 15) is 14.4 Å². The predicted octanol–water partition coefficient (Wildman–Crippen LogP) is 4.70. The maximum atomic E-state index is 13.5. The maximum Gasteiger partial charge on any atom is 0.279 e. The first-order valence-electron chi connectivity index (χ1n) is 14.3. The van der Waals surface area contributed by atoms with Crippen LogP contribution in [-0.2, 0) is 20.9 Å². The maximum absolute atomic E-state index is 13.5. The molecule has 210 valence electrons. The van der Waals surface area contributed by atoms with Crippen LogP contribution >= 0.6 is 0 Å². The molecule has 1 aromatic rings. The lowest BCUT2D eigenvalue weighted by molar-refractivity contribution is -0.912. The van der Waals surface area contributed by atoms with Gasteiger partial charge in [-0.25, -0.2) is 0 Å². The van der Waals surface area contributed by atoms with Gasteiger partial charge in [0.25, 0.3) is 17.7 Å². The van der Waals surface area contributed by atoms with Crippen LogP contribution in [0.3, 0.4) is 0 Å². The van der Waals surface area contributed by atoms with Gasteiger partial charge in [0.05, 0.1) is 18.8 Å². The van der Waals surface area contributed by atoms with Crippen LogP contribution in [-0.4, -0.2) is 66.4 Å². The Labute approximate surface area is 229 Å². The number of hydrogen-bond donors (Lipinski definition) is 2. The number of quaternary nitrogens is 1. The fourth-order valence-electron chi connectivity index (χ4n) is 5.20. The second-order valence-electron chi connectivity index (χ2n) is 10.6. The van der Waals surface area contributed by atoms with Crippen LogP contribution in [0.1, 0.15) is 78.7 Å². The topological polar surface area (TPSA) is 78.5 Å². The number of nitrogens with zero attached hydrogens (tertiary/aromatic N) is 2. The standard InChI is InChI=1S/C31H48N4O3/c1-6-18-34(19-7-2)31(38)26(5)30(25(4)8-3)33-29(37)24-35(20-14-9-10-15-21-35)23-28(36)32-22-27-16-12-11-13-17-27/h8,11-13,16-17H,6-7,9-10,14-15,18-24H2,1-5H3,(H-,32,33,36,37,38)/p+1/b25-8-. The lowest BCUT2D eigenvalue weighted by Crippen LogP contribution is -2.58. The zero-order chi connectivity index (χ0) is 28.0. The van der Waals surface area contributed by atoms with E-state index in [-0.39, 0.29) is 30.8 Å². The number of carbonyl (C=O) groups excluding carboxylic acids is 3. The van der Waals surface area contributed by atoms with Gasteiger partial charge in [0.2, 0.25) is 0 Å². The van der Waals surface area contributed by atoms with Gasteiger partial charge in [-0.05, 0) is 70.4 Å². The largest absolute Gasteiger partial charge is 0.347 e. The number of benzene rings is 1. The van der Waals surface area contributed by atoms with Gasteiger partial charge < -0.3 is 20.0 Å². The Morgan fingerprint density at radius 2 is 1.47 bits per heavy atom. The van der Waals surface area contributed by atoms with Crippen LogP contribution in [0.2, 0.25) is 0 Å². The summed E-state index contributed by atoms with van der Waals surface area (Å²) in [5, 5.41) is 6.14. The first-order chi connectivity index (χ1) is 18.2. The predicted molar refractivity (Wildman–Crippen MR) is 154 cm³/mol. The molecule has 0 radical (unpaired) electrons. The van der Waals surface area contributed by atoms with Crippen molar-refractivity contribution >= 4 is 17.7 Å². The van der Waals surface area contributed by atoms with Crippen molar-refractivity contribution in [2.45, 2.75) is 79.7 Å². The number of nitrogens with one attached hydrogen (secondary N) is 2. The van der Waals surface area contributed by atoms with Crippen molar-refractivity contribution in [3.8, 4) is 0 Å². The van der Waals surface area contributed by atoms with E-state index in [4.69, 9.17) is 0 Å². The number of allylic oxidation sites excluding steroid dienone is 2. The number of hydrogen-bond acceptors (Lipinski definition) is 3. The fourth-order valence-corrected chi connectivity index (χ4v) is 5.20. The molecule has 1 saturated heterocycles. The van der Waals surface area contributed by atoms with Crippen molar-refractivity contribution in [1.29, 1.82) is 0 Å². The average Bonchev–Trinajstić information content (AvgIpc) is 3.15. The van der Waals surface area contributed by atoms with Gasteiger partial charge in [0, 0.05) is 25.2 Å². The van der Waals surface area contributed by atoms with Crippen LogP contribution in [0.4, 0.5) is 0 Å². The van der Waals surface area contributed by atoms with Crippen LogP contribution in [0.5, 0.6) is 0 Å². The smallest absolute Gasteiger partial charge is 0.279 e. The minimum absolute atomic E-state index is 0.0370. The number of rotatable bonds is 13. The molecule has 0 unspecified atom stereocenters. The van der Waals surface area contributed by atoms with E-state index in [1.165, 1.54) is 0 Å². The second kappa shape index (κ2) is 16.1. The average molecular weight is 526 g/mol. The van der Waals surface area contributed by atoms with E-state index in [1.807, 2.05) is 55.2 Å². The van der Waals surface area contributed by atoms with Gasteiger partial charge in [-0.15, -0.1) is 0 Å². The minimum atomic E-state index is -0.149. The molecule has 38 heavy (non-hydrogen) atoms. The summed E-state index contributed by atoms with van der Waals surface area (Å²) in [4.78, 5) is 41.8. The Morgan fingerprint density at radius 3 is 2.03 bits per heavy atom. The molecule has 1 fully saturated rings. The van der Waals surface area contributed by atoms with Gasteiger partial charge >= 0.3 is 0 Å². The lowest BCUT2D eigenvalue weighted by atomic mass is 10.1. The third-order valence-corrected chi connectivity index (χ3v) is 7.37. The first-order valence-corrected chi connectivity index (χ1v) is 14.3. The Kier molecular flexibility index (Phi) is 13.3. The highest BCUT2D eigenvalue weighted by molar-refractivity contribution is 5.95. The summed E-state index contributed by atoms with van der Waals surface area (Å²) >= 11 is 0. The summed E-state index contributed by atoms with van der Waals surface area (Å²) in [6.45, 7) is 13.7. The van der Waals surface area contributed by atoms with E-state index in [2.05, 4.69) is 24.5 Å². The number of amides is 3. The third kappa shape index (κ3) is 9.75. The molecule has 1 aliphatic rings. The second-order valence-corrected chi connectivity index (χ2v) is 10.6.